The molecule has 1 unspecified atom stereocenters. The van der Waals surface area contributed by atoms with E-state index in [1.54, 1.807) is 24.3 Å². The molecule has 2 nitrogen and oxygen atoms in total. The second-order valence-corrected chi connectivity index (χ2v) is 5.52. The van der Waals surface area contributed by atoms with Crippen molar-refractivity contribution >= 4 is 17.6 Å². The van der Waals surface area contributed by atoms with E-state index in [0.29, 0.717) is 22.9 Å². The van der Waals surface area contributed by atoms with E-state index in [-0.39, 0.29) is 5.97 Å². The summed E-state index contributed by atoms with van der Waals surface area (Å²) in [6.07, 6.45) is 0.273. The molecule has 0 aliphatic rings. The second kappa shape index (κ2) is 7.77. The lowest BCUT2D eigenvalue weighted by molar-refractivity contribution is 0.0377. The van der Waals surface area contributed by atoms with Crippen molar-refractivity contribution in [2.45, 2.75) is 33.3 Å². The Hall–Kier alpha value is -1.72. The van der Waals surface area contributed by atoms with Gasteiger partial charge in [-0.05, 0) is 49.1 Å². The number of carbonyl (C=O) groups excluding carboxylic acids is 1. The molecule has 1 aromatic rings. The molecule has 0 amide bonds. The van der Waals surface area contributed by atoms with E-state index >= 15 is 0 Å². The van der Waals surface area contributed by atoms with Crippen molar-refractivity contribution in [1.29, 1.82) is 0 Å². The molecule has 0 aliphatic heterocycles. The molecule has 20 heavy (non-hydrogen) atoms. The maximum absolute atomic E-state index is 12.0. The summed E-state index contributed by atoms with van der Waals surface area (Å²) in [6.45, 7) is 9.67. The molecule has 3 heteroatoms. The SMILES string of the molecule is C=C(C)C#CC(CC(C)C)OC(=O)c1ccc(Cl)cc1. The molecule has 0 spiro atoms. The minimum Gasteiger partial charge on any atom is -0.446 e. The van der Waals surface area contributed by atoms with Gasteiger partial charge in [0.2, 0.25) is 0 Å². The smallest absolute Gasteiger partial charge is 0.339 e. The number of esters is 1. The van der Waals surface area contributed by atoms with Gasteiger partial charge in [-0.3, -0.25) is 0 Å². The molecule has 0 bridgehead atoms. The zero-order chi connectivity index (χ0) is 15.1. The summed E-state index contributed by atoms with van der Waals surface area (Å²) in [4.78, 5) is 12.0. The highest BCUT2D eigenvalue weighted by molar-refractivity contribution is 6.30. The van der Waals surface area contributed by atoms with E-state index in [2.05, 4.69) is 32.3 Å². The topological polar surface area (TPSA) is 26.3 Å². The molecule has 1 aromatic carbocycles. The summed E-state index contributed by atoms with van der Waals surface area (Å²) in [6, 6.07) is 6.61. The fourth-order valence-electron chi connectivity index (χ4n) is 1.55. The van der Waals surface area contributed by atoms with Gasteiger partial charge in [-0.15, -0.1) is 0 Å². The summed E-state index contributed by atoms with van der Waals surface area (Å²) in [7, 11) is 0. The number of hydrogen-bond acceptors (Lipinski definition) is 2. The van der Waals surface area contributed by atoms with Gasteiger partial charge in [0.05, 0.1) is 5.56 Å². The van der Waals surface area contributed by atoms with Gasteiger partial charge in [0, 0.05) is 5.02 Å². The normalized spacial score (nSPS) is 11.4. The maximum Gasteiger partial charge on any atom is 0.339 e. The molecule has 0 saturated carbocycles. The number of carbonyl (C=O) groups is 1. The van der Waals surface area contributed by atoms with Crippen molar-refractivity contribution in [1.82, 2.24) is 0 Å². The first kappa shape index (κ1) is 16.3. The van der Waals surface area contributed by atoms with Crippen molar-refractivity contribution in [3.63, 3.8) is 0 Å². The van der Waals surface area contributed by atoms with E-state index in [0.717, 1.165) is 5.57 Å². The highest BCUT2D eigenvalue weighted by Gasteiger charge is 2.15. The minimum atomic E-state index is -0.421. The van der Waals surface area contributed by atoms with Crippen molar-refractivity contribution in [2.75, 3.05) is 0 Å². The fourth-order valence-corrected chi connectivity index (χ4v) is 1.68. The molecule has 1 atom stereocenters. The van der Waals surface area contributed by atoms with E-state index in [1.165, 1.54) is 0 Å². The Morgan fingerprint density at radius 1 is 1.35 bits per heavy atom. The number of ether oxygens (including phenoxy) is 1. The van der Waals surface area contributed by atoms with Gasteiger partial charge >= 0.3 is 5.97 Å². The van der Waals surface area contributed by atoms with Crippen molar-refractivity contribution < 1.29 is 9.53 Å². The lowest BCUT2D eigenvalue weighted by atomic mass is 10.1. The van der Waals surface area contributed by atoms with Gasteiger partial charge in [0.1, 0.15) is 0 Å². The number of allylic oxidation sites excluding steroid dienone is 1. The van der Waals surface area contributed by atoms with Crippen LogP contribution in [0.1, 0.15) is 37.6 Å². The van der Waals surface area contributed by atoms with Gasteiger partial charge in [-0.2, -0.15) is 0 Å². The van der Waals surface area contributed by atoms with Crippen molar-refractivity contribution in [2.24, 2.45) is 5.92 Å². The number of rotatable bonds is 4. The largest absolute Gasteiger partial charge is 0.446 e. The Balaban J connectivity index is 2.79. The van der Waals surface area contributed by atoms with Gasteiger partial charge in [0.25, 0.3) is 0 Å². The molecule has 106 valence electrons. The van der Waals surface area contributed by atoms with Crippen LogP contribution >= 0.6 is 11.6 Å². The zero-order valence-electron chi connectivity index (χ0n) is 12.1. The van der Waals surface area contributed by atoms with Gasteiger partial charge in [-0.25, -0.2) is 4.79 Å². The third-order valence-corrected chi connectivity index (χ3v) is 2.71. The lowest BCUT2D eigenvalue weighted by Gasteiger charge is -2.14. The molecule has 0 aromatic heterocycles. The van der Waals surface area contributed by atoms with E-state index in [4.69, 9.17) is 16.3 Å². The predicted molar refractivity (Wildman–Crippen MR) is 82.7 cm³/mol. The molecule has 0 heterocycles. The third-order valence-electron chi connectivity index (χ3n) is 2.46. The van der Waals surface area contributed by atoms with Crippen LogP contribution in [0.4, 0.5) is 0 Å². The Kier molecular flexibility index (Phi) is 6.35. The molecule has 0 radical (unpaired) electrons. The van der Waals surface area contributed by atoms with Crippen LogP contribution in [0.25, 0.3) is 0 Å². The molecule has 1 rings (SSSR count). The maximum atomic E-state index is 12.0. The average Bonchev–Trinajstić information content (AvgIpc) is 2.36. The number of hydrogen-bond donors (Lipinski definition) is 0. The summed E-state index contributed by atoms with van der Waals surface area (Å²) in [5.41, 5.74) is 1.22. The Morgan fingerprint density at radius 3 is 2.45 bits per heavy atom. The summed E-state index contributed by atoms with van der Waals surface area (Å²) in [5.74, 6) is 5.82. The van der Waals surface area contributed by atoms with Gasteiger partial charge < -0.3 is 4.74 Å². The van der Waals surface area contributed by atoms with Crippen molar-refractivity contribution in [3.05, 3.63) is 47.0 Å². The second-order valence-electron chi connectivity index (χ2n) is 5.08. The molecular weight excluding hydrogens is 272 g/mol. The molecule has 0 fully saturated rings. The van der Waals surface area contributed by atoms with E-state index in [9.17, 15) is 4.79 Å². The fraction of sp³-hybridized carbons (Fsp3) is 0.353. The summed E-state index contributed by atoms with van der Waals surface area (Å²) >= 11 is 5.79. The summed E-state index contributed by atoms with van der Waals surface area (Å²) < 4.78 is 5.44. The Bertz CT molecular complexity index is 532. The quantitative estimate of drug-likeness (QED) is 0.603. The average molecular weight is 291 g/mol. The van der Waals surface area contributed by atoms with Gasteiger partial charge in [-0.1, -0.05) is 43.9 Å². The standard InChI is InChI=1S/C17H19ClO2/c1-12(2)5-10-16(11-13(3)4)20-17(19)14-6-8-15(18)9-7-14/h6-9,13,16H,1,11H2,2-4H3. The first-order valence-electron chi connectivity index (χ1n) is 6.52. The van der Waals surface area contributed by atoms with Crippen molar-refractivity contribution in [3.8, 4) is 11.8 Å². The summed E-state index contributed by atoms with van der Waals surface area (Å²) in [5, 5.41) is 0.586. The van der Waals surface area contributed by atoms with Crippen LogP contribution in [0.15, 0.2) is 36.4 Å². The molecular formula is C17H19ClO2. The first-order chi connectivity index (χ1) is 9.38. The molecule has 0 N–H and O–H groups in total. The van der Waals surface area contributed by atoms with Gasteiger partial charge in [0.15, 0.2) is 6.10 Å². The molecule has 0 saturated heterocycles. The van der Waals surface area contributed by atoms with Crippen LogP contribution in [0, 0.1) is 17.8 Å². The predicted octanol–water partition coefficient (Wildman–Crippen LogP) is 4.49. The monoisotopic (exact) mass is 290 g/mol. The van der Waals surface area contributed by atoms with Crippen LogP contribution in [-0.2, 0) is 4.74 Å². The van der Waals surface area contributed by atoms with Crippen LogP contribution in [0.3, 0.4) is 0 Å². The van der Waals surface area contributed by atoms with Crippen LogP contribution in [0.5, 0.6) is 0 Å². The van der Waals surface area contributed by atoms with Crippen LogP contribution in [-0.4, -0.2) is 12.1 Å². The Labute approximate surface area is 125 Å². The highest BCUT2D eigenvalue weighted by Crippen LogP contribution is 2.14. The minimum absolute atomic E-state index is 0.386. The first-order valence-corrected chi connectivity index (χ1v) is 6.90. The van der Waals surface area contributed by atoms with Crippen LogP contribution < -0.4 is 0 Å². The third kappa shape index (κ3) is 5.95. The molecule has 0 aliphatic carbocycles. The highest BCUT2D eigenvalue weighted by atomic mass is 35.5. The number of benzene rings is 1. The Morgan fingerprint density at radius 2 is 1.95 bits per heavy atom. The van der Waals surface area contributed by atoms with Crippen LogP contribution in [0.2, 0.25) is 5.02 Å². The van der Waals surface area contributed by atoms with E-state index < -0.39 is 6.10 Å². The zero-order valence-corrected chi connectivity index (χ0v) is 12.8. The van der Waals surface area contributed by atoms with E-state index in [1.807, 2.05) is 6.92 Å². The number of halogens is 1. The lowest BCUT2D eigenvalue weighted by Crippen LogP contribution is -2.18.